The van der Waals surface area contributed by atoms with E-state index < -0.39 is 0 Å². The number of carbonyl (C=O) groups is 1. The topological polar surface area (TPSA) is 80.5 Å². The van der Waals surface area contributed by atoms with Crippen LogP contribution in [0.4, 0.5) is 0 Å². The number of aromatic nitrogens is 2. The fourth-order valence-corrected chi connectivity index (χ4v) is 5.72. The number of carbonyl (C=O) groups excluding carboxylic acids is 1. The molecule has 0 radical (unpaired) electrons. The Morgan fingerprint density at radius 1 is 1.21 bits per heavy atom. The standard InChI is InChI=1S/C26H30N4O3/c1-17-22(10-7-11-23(17)32-3)24(31)28-21-12-20-15-30(14-19-8-5-4-6-9-19)16-26(20,13-21)25-27-18(2)29-33-25/h4-11,20-21H,12-16H2,1-3H3,(H,28,31). The number of fused-ring (bicyclic) bond motifs is 1. The summed E-state index contributed by atoms with van der Waals surface area (Å²) in [5, 5.41) is 7.36. The Kier molecular flexibility index (Phi) is 5.66. The van der Waals surface area contributed by atoms with Crippen molar-refractivity contribution < 1.29 is 14.1 Å². The van der Waals surface area contributed by atoms with Gasteiger partial charge in [-0.05, 0) is 50.3 Å². The highest BCUT2D eigenvalue weighted by molar-refractivity contribution is 5.96. The van der Waals surface area contributed by atoms with E-state index in [-0.39, 0.29) is 17.4 Å². The lowest BCUT2D eigenvalue weighted by atomic mass is 9.80. The van der Waals surface area contributed by atoms with Gasteiger partial charge in [-0.15, -0.1) is 0 Å². The number of rotatable bonds is 6. The summed E-state index contributed by atoms with van der Waals surface area (Å²) in [4.78, 5) is 20.2. The maximum absolute atomic E-state index is 13.1. The van der Waals surface area contributed by atoms with Crippen molar-refractivity contribution in [1.29, 1.82) is 0 Å². The van der Waals surface area contributed by atoms with Crippen LogP contribution in [0.5, 0.6) is 5.75 Å². The van der Waals surface area contributed by atoms with Gasteiger partial charge in [0.25, 0.3) is 5.91 Å². The van der Waals surface area contributed by atoms with Crippen LogP contribution in [0.1, 0.15) is 46.0 Å². The lowest BCUT2D eigenvalue weighted by molar-refractivity contribution is 0.0933. The van der Waals surface area contributed by atoms with Crippen LogP contribution in [0.2, 0.25) is 0 Å². The summed E-state index contributed by atoms with van der Waals surface area (Å²) in [6.07, 6.45) is 1.68. The van der Waals surface area contributed by atoms with Crippen LogP contribution >= 0.6 is 0 Å². The number of hydrogen-bond acceptors (Lipinski definition) is 6. The zero-order valence-electron chi connectivity index (χ0n) is 19.4. The Bertz CT molecular complexity index is 1150. The second kappa shape index (κ2) is 8.63. The van der Waals surface area contributed by atoms with E-state index >= 15 is 0 Å². The molecule has 3 unspecified atom stereocenters. The lowest BCUT2D eigenvalue weighted by Crippen LogP contribution is -2.38. The second-order valence-electron chi connectivity index (χ2n) is 9.40. The number of nitrogens with one attached hydrogen (secondary N) is 1. The molecule has 0 bridgehead atoms. The summed E-state index contributed by atoms with van der Waals surface area (Å²) in [5.41, 5.74) is 2.57. The molecule has 1 aliphatic carbocycles. The molecule has 5 rings (SSSR count). The highest BCUT2D eigenvalue weighted by atomic mass is 16.5. The van der Waals surface area contributed by atoms with Crippen molar-refractivity contribution in [3.63, 3.8) is 0 Å². The zero-order chi connectivity index (χ0) is 23.0. The predicted octanol–water partition coefficient (Wildman–Crippen LogP) is 3.66. The van der Waals surface area contributed by atoms with Crippen molar-refractivity contribution in [2.75, 3.05) is 20.2 Å². The summed E-state index contributed by atoms with van der Waals surface area (Å²) < 4.78 is 11.1. The van der Waals surface area contributed by atoms with Crippen molar-refractivity contribution in [1.82, 2.24) is 20.4 Å². The van der Waals surface area contributed by atoms with Crippen molar-refractivity contribution in [3.05, 3.63) is 76.9 Å². The van der Waals surface area contributed by atoms with Gasteiger partial charge in [-0.1, -0.05) is 41.6 Å². The highest BCUT2D eigenvalue weighted by Gasteiger charge is 2.57. The maximum Gasteiger partial charge on any atom is 0.251 e. The van der Waals surface area contributed by atoms with Crippen LogP contribution in [0.25, 0.3) is 0 Å². The zero-order valence-corrected chi connectivity index (χ0v) is 19.4. The minimum absolute atomic E-state index is 0.0548. The Morgan fingerprint density at radius 2 is 2.03 bits per heavy atom. The molecule has 0 spiro atoms. The van der Waals surface area contributed by atoms with Crippen molar-refractivity contribution in [2.24, 2.45) is 5.92 Å². The van der Waals surface area contributed by atoms with E-state index in [9.17, 15) is 4.79 Å². The van der Waals surface area contributed by atoms with Gasteiger partial charge in [-0.25, -0.2) is 0 Å². The third kappa shape index (κ3) is 4.02. The largest absolute Gasteiger partial charge is 0.496 e. The average molecular weight is 447 g/mol. The Morgan fingerprint density at radius 3 is 2.76 bits per heavy atom. The van der Waals surface area contributed by atoms with E-state index in [2.05, 4.69) is 44.6 Å². The van der Waals surface area contributed by atoms with E-state index in [0.29, 0.717) is 23.2 Å². The van der Waals surface area contributed by atoms with Gasteiger partial charge in [0.1, 0.15) is 5.75 Å². The van der Waals surface area contributed by atoms with Crippen LogP contribution in [0.15, 0.2) is 53.1 Å². The molecule has 2 fully saturated rings. The normalized spacial score (nSPS) is 24.6. The van der Waals surface area contributed by atoms with E-state index in [4.69, 9.17) is 9.26 Å². The number of benzene rings is 2. The number of nitrogens with zero attached hydrogens (tertiary/aromatic N) is 3. The highest BCUT2D eigenvalue weighted by Crippen LogP contribution is 2.50. The molecule has 3 atom stereocenters. The molecule has 2 aromatic carbocycles. The first-order valence-electron chi connectivity index (χ1n) is 11.5. The third-order valence-corrected chi connectivity index (χ3v) is 7.23. The van der Waals surface area contributed by atoms with Gasteiger partial charge in [-0.3, -0.25) is 9.69 Å². The first-order valence-corrected chi connectivity index (χ1v) is 11.5. The van der Waals surface area contributed by atoms with Crippen LogP contribution in [-0.2, 0) is 12.0 Å². The molecule has 7 heteroatoms. The van der Waals surface area contributed by atoms with Crippen LogP contribution < -0.4 is 10.1 Å². The van der Waals surface area contributed by atoms with Crippen LogP contribution in [0.3, 0.4) is 0 Å². The van der Waals surface area contributed by atoms with Gasteiger partial charge in [-0.2, -0.15) is 4.98 Å². The molecular weight excluding hydrogens is 416 g/mol. The molecule has 2 aliphatic rings. The predicted molar refractivity (Wildman–Crippen MR) is 124 cm³/mol. The van der Waals surface area contributed by atoms with Crippen molar-refractivity contribution in [2.45, 2.75) is 44.7 Å². The SMILES string of the molecule is COc1cccc(C(=O)NC2CC3CN(Cc4ccccc4)CC3(c3nc(C)no3)C2)c1C. The van der Waals surface area contributed by atoms with Crippen molar-refractivity contribution >= 4 is 5.91 Å². The van der Waals surface area contributed by atoms with Gasteiger partial charge < -0.3 is 14.6 Å². The number of methoxy groups -OCH3 is 1. The summed E-state index contributed by atoms with van der Waals surface area (Å²) in [6.45, 7) is 6.46. The molecule has 1 N–H and O–H groups in total. The fourth-order valence-electron chi connectivity index (χ4n) is 5.72. The quantitative estimate of drug-likeness (QED) is 0.623. The maximum atomic E-state index is 13.1. The molecule has 1 amide bonds. The number of amides is 1. The number of likely N-dealkylation sites (tertiary alicyclic amines) is 1. The summed E-state index contributed by atoms with van der Waals surface area (Å²) in [5.74, 6) is 2.36. The average Bonchev–Trinajstić information content (AvgIpc) is 3.47. The molecule has 1 aliphatic heterocycles. The molecule has 2 heterocycles. The number of hydrogen-bond donors (Lipinski definition) is 1. The van der Waals surface area contributed by atoms with Gasteiger partial charge in [0.15, 0.2) is 5.82 Å². The Labute approximate surface area is 194 Å². The smallest absolute Gasteiger partial charge is 0.251 e. The molecule has 1 saturated carbocycles. The molecule has 1 saturated heterocycles. The number of aryl methyl sites for hydroxylation is 1. The molecule has 1 aromatic heterocycles. The Hall–Kier alpha value is -3.19. The van der Waals surface area contributed by atoms with Gasteiger partial charge in [0, 0.05) is 36.8 Å². The molecule has 172 valence electrons. The van der Waals surface area contributed by atoms with Gasteiger partial charge >= 0.3 is 0 Å². The van der Waals surface area contributed by atoms with E-state index in [1.165, 1.54) is 5.56 Å². The second-order valence-corrected chi connectivity index (χ2v) is 9.40. The van der Waals surface area contributed by atoms with Gasteiger partial charge in [0.2, 0.25) is 5.89 Å². The first-order chi connectivity index (χ1) is 16.0. The fraction of sp³-hybridized carbons (Fsp3) is 0.423. The summed E-state index contributed by atoms with van der Waals surface area (Å²) in [6, 6.07) is 16.2. The molecule has 3 aromatic rings. The van der Waals surface area contributed by atoms with Gasteiger partial charge in [0.05, 0.1) is 12.5 Å². The molecular formula is C26H30N4O3. The molecule has 7 nitrogen and oxygen atoms in total. The minimum Gasteiger partial charge on any atom is -0.496 e. The van der Waals surface area contributed by atoms with E-state index in [0.717, 1.165) is 43.8 Å². The summed E-state index contributed by atoms with van der Waals surface area (Å²) in [7, 11) is 1.62. The van der Waals surface area contributed by atoms with Crippen molar-refractivity contribution in [3.8, 4) is 5.75 Å². The Balaban J connectivity index is 1.35. The molecule has 33 heavy (non-hydrogen) atoms. The monoisotopic (exact) mass is 446 g/mol. The van der Waals surface area contributed by atoms with Crippen LogP contribution in [0, 0.1) is 19.8 Å². The lowest BCUT2D eigenvalue weighted by Gasteiger charge is -2.25. The number of ether oxygens (including phenoxy) is 1. The first kappa shape index (κ1) is 21.6. The third-order valence-electron chi connectivity index (χ3n) is 7.23. The van der Waals surface area contributed by atoms with Crippen LogP contribution in [-0.4, -0.2) is 47.2 Å². The van der Waals surface area contributed by atoms with E-state index in [1.54, 1.807) is 7.11 Å². The van der Waals surface area contributed by atoms with E-state index in [1.807, 2.05) is 38.1 Å². The summed E-state index contributed by atoms with van der Waals surface area (Å²) >= 11 is 0. The minimum atomic E-state index is -0.239.